The van der Waals surface area contributed by atoms with Gasteiger partial charge in [0.05, 0.1) is 0 Å². The zero-order chi connectivity index (χ0) is 22.8. The Labute approximate surface area is 200 Å². The minimum Gasteiger partial charge on any atom is -0.466 e. The van der Waals surface area contributed by atoms with Gasteiger partial charge in [-0.25, -0.2) is 0 Å². The Kier molecular flexibility index (Phi) is 4.98. The third kappa shape index (κ3) is 3.56. The fourth-order valence-corrected chi connectivity index (χ4v) is 4.62. The highest BCUT2D eigenvalue weighted by atomic mass is 16.5. The Bertz CT molecular complexity index is 1560. The highest BCUT2D eigenvalue weighted by molar-refractivity contribution is 5.90. The summed E-state index contributed by atoms with van der Waals surface area (Å²) >= 11 is 0. The summed E-state index contributed by atoms with van der Waals surface area (Å²) in [4.78, 5) is 0. The van der Waals surface area contributed by atoms with Gasteiger partial charge in [0, 0.05) is 16.7 Å². The molecule has 34 heavy (non-hydrogen) atoms. The topological polar surface area (TPSA) is 9.23 Å². The molecule has 1 atom stereocenters. The Hall–Kier alpha value is -4.54. The lowest BCUT2D eigenvalue weighted by Crippen LogP contribution is -2.33. The van der Waals surface area contributed by atoms with Crippen molar-refractivity contribution in [2.45, 2.75) is 5.60 Å². The fraction of sp³-hybridized carbons (Fsp3) is 0.0303. The first-order valence-corrected chi connectivity index (χ1v) is 11.5. The van der Waals surface area contributed by atoms with Crippen LogP contribution in [-0.4, -0.2) is 0 Å². The predicted octanol–water partition coefficient (Wildman–Crippen LogP) is 7.61. The number of hydrogen-bond acceptors (Lipinski definition) is 1. The average molecular weight is 435 g/mol. The van der Waals surface area contributed by atoms with Gasteiger partial charge < -0.3 is 4.74 Å². The lowest BCUT2D eigenvalue weighted by Gasteiger charge is -2.34. The number of para-hydroxylation sites is 1. The van der Waals surface area contributed by atoms with Crippen molar-refractivity contribution in [2.24, 2.45) is 0 Å². The molecule has 1 heterocycles. The van der Waals surface area contributed by atoms with Crippen LogP contribution >= 0.6 is 0 Å². The molecular weight excluding hydrogens is 412 g/mol. The van der Waals surface area contributed by atoms with E-state index in [-0.39, 0.29) is 0 Å². The summed E-state index contributed by atoms with van der Waals surface area (Å²) in [7, 11) is 0. The molecule has 0 amide bonds. The van der Waals surface area contributed by atoms with Gasteiger partial charge in [0.25, 0.3) is 0 Å². The fourth-order valence-electron chi connectivity index (χ4n) is 4.62. The van der Waals surface area contributed by atoms with Crippen LogP contribution in [0.15, 0.2) is 133 Å². The summed E-state index contributed by atoms with van der Waals surface area (Å²) in [5, 5.41) is 2.30. The molecular formula is C33H22O. The van der Waals surface area contributed by atoms with Gasteiger partial charge >= 0.3 is 0 Å². The molecule has 0 fully saturated rings. The predicted molar refractivity (Wildman–Crippen MR) is 140 cm³/mol. The van der Waals surface area contributed by atoms with Gasteiger partial charge in [0.2, 0.25) is 5.60 Å². The van der Waals surface area contributed by atoms with Crippen molar-refractivity contribution >= 4 is 16.3 Å². The Balaban J connectivity index is 1.67. The average Bonchev–Trinajstić information content (AvgIpc) is 2.92. The molecule has 1 aliphatic heterocycles. The van der Waals surface area contributed by atoms with Gasteiger partial charge in [0.1, 0.15) is 5.75 Å². The SMILES string of the molecule is C(#CC1(c2cccc3ccccc23)C=C(c2ccccc2)c2ccccc2O1)c1ccccc1. The smallest absolute Gasteiger partial charge is 0.215 e. The molecule has 160 valence electrons. The van der Waals surface area contributed by atoms with Gasteiger partial charge in [-0.15, -0.1) is 0 Å². The van der Waals surface area contributed by atoms with E-state index >= 15 is 0 Å². The second-order valence-corrected chi connectivity index (χ2v) is 8.40. The van der Waals surface area contributed by atoms with E-state index in [0.717, 1.165) is 44.3 Å². The normalized spacial score (nSPS) is 16.5. The molecule has 0 spiro atoms. The Morgan fingerprint density at radius 1 is 0.588 bits per heavy atom. The van der Waals surface area contributed by atoms with Gasteiger partial charge in [-0.3, -0.25) is 0 Å². The summed E-state index contributed by atoms with van der Waals surface area (Å²) in [5.74, 6) is 7.79. The van der Waals surface area contributed by atoms with E-state index in [2.05, 4.69) is 96.8 Å². The maximum absolute atomic E-state index is 6.84. The Morgan fingerprint density at radius 3 is 2.12 bits per heavy atom. The lowest BCUT2D eigenvalue weighted by molar-refractivity contribution is 0.181. The first-order chi connectivity index (χ1) is 16.8. The number of hydrogen-bond donors (Lipinski definition) is 0. The number of benzene rings is 5. The van der Waals surface area contributed by atoms with E-state index in [9.17, 15) is 0 Å². The summed E-state index contributed by atoms with van der Waals surface area (Å²) in [6.45, 7) is 0. The van der Waals surface area contributed by atoms with Crippen LogP contribution in [0.25, 0.3) is 16.3 Å². The third-order valence-corrected chi connectivity index (χ3v) is 6.24. The zero-order valence-electron chi connectivity index (χ0n) is 18.6. The second-order valence-electron chi connectivity index (χ2n) is 8.40. The highest BCUT2D eigenvalue weighted by Crippen LogP contribution is 2.45. The van der Waals surface area contributed by atoms with Gasteiger partial charge in [-0.1, -0.05) is 115 Å². The summed E-state index contributed by atoms with van der Waals surface area (Å²) in [6.07, 6.45) is 2.20. The molecule has 5 aromatic rings. The van der Waals surface area contributed by atoms with Crippen molar-refractivity contribution in [3.63, 3.8) is 0 Å². The van der Waals surface area contributed by atoms with E-state index in [1.165, 1.54) is 0 Å². The van der Waals surface area contributed by atoms with Crippen LogP contribution in [-0.2, 0) is 5.60 Å². The molecule has 0 radical (unpaired) electrons. The zero-order valence-corrected chi connectivity index (χ0v) is 18.6. The minimum atomic E-state index is -0.948. The van der Waals surface area contributed by atoms with Crippen LogP contribution in [0.3, 0.4) is 0 Å². The van der Waals surface area contributed by atoms with Crippen LogP contribution < -0.4 is 4.74 Å². The van der Waals surface area contributed by atoms with E-state index < -0.39 is 5.60 Å². The van der Waals surface area contributed by atoms with Crippen LogP contribution in [0, 0.1) is 11.8 Å². The largest absolute Gasteiger partial charge is 0.466 e. The van der Waals surface area contributed by atoms with Crippen molar-refractivity contribution in [2.75, 3.05) is 0 Å². The quantitative estimate of drug-likeness (QED) is 0.260. The molecule has 0 saturated heterocycles. The van der Waals surface area contributed by atoms with E-state index in [1.54, 1.807) is 0 Å². The van der Waals surface area contributed by atoms with E-state index in [1.807, 2.05) is 48.5 Å². The molecule has 0 aromatic heterocycles. The molecule has 6 rings (SSSR count). The maximum Gasteiger partial charge on any atom is 0.215 e. The number of rotatable bonds is 2. The van der Waals surface area contributed by atoms with Crippen LogP contribution in [0.2, 0.25) is 0 Å². The second kappa shape index (κ2) is 8.43. The lowest BCUT2D eigenvalue weighted by atomic mass is 9.82. The molecule has 1 nitrogen and oxygen atoms in total. The summed E-state index contributed by atoms with van der Waals surface area (Å²) in [5.41, 5.74) is 4.39. The van der Waals surface area contributed by atoms with Crippen molar-refractivity contribution < 1.29 is 4.74 Å². The molecule has 5 aromatic carbocycles. The third-order valence-electron chi connectivity index (χ3n) is 6.24. The van der Waals surface area contributed by atoms with Crippen LogP contribution in [0.1, 0.15) is 22.3 Å². The summed E-state index contributed by atoms with van der Waals surface area (Å²) < 4.78 is 6.84. The Morgan fingerprint density at radius 2 is 1.26 bits per heavy atom. The van der Waals surface area contributed by atoms with E-state index in [4.69, 9.17) is 4.74 Å². The molecule has 0 saturated carbocycles. The number of ether oxygens (including phenoxy) is 1. The molecule has 1 aliphatic rings. The summed E-state index contributed by atoms with van der Waals surface area (Å²) in [6, 6.07) is 43.6. The number of fused-ring (bicyclic) bond motifs is 2. The van der Waals surface area contributed by atoms with Crippen molar-refractivity contribution in [1.29, 1.82) is 0 Å². The molecule has 1 unspecified atom stereocenters. The van der Waals surface area contributed by atoms with Crippen molar-refractivity contribution in [3.05, 3.63) is 156 Å². The minimum absolute atomic E-state index is 0.833. The van der Waals surface area contributed by atoms with Crippen LogP contribution in [0.5, 0.6) is 5.75 Å². The standard InChI is InChI=1S/C33H22O/c1-3-12-25(13-4-1)22-23-33(31-20-11-17-26-16-7-8-18-28(26)31)24-30(27-14-5-2-6-15-27)29-19-9-10-21-32(29)34-33/h1-21,24H. The highest BCUT2D eigenvalue weighted by Gasteiger charge is 2.37. The molecule has 0 bridgehead atoms. The van der Waals surface area contributed by atoms with Crippen molar-refractivity contribution in [3.8, 4) is 17.6 Å². The first-order valence-electron chi connectivity index (χ1n) is 11.5. The molecule has 0 aliphatic carbocycles. The van der Waals surface area contributed by atoms with Gasteiger partial charge in [0.15, 0.2) is 0 Å². The van der Waals surface area contributed by atoms with Crippen molar-refractivity contribution in [1.82, 2.24) is 0 Å². The molecule has 1 heteroatoms. The van der Waals surface area contributed by atoms with Gasteiger partial charge in [-0.2, -0.15) is 0 Å². The molecule has 0 N–H and O–H groups in total. The monoisotopic (exact) mass is 434 g/mol. The first kappa shape index (κ1) is 20.1. The van der Waals surface area contributed by atoms with Gasteiger partial charge in [-0.05, 0) is 52.1 Å². The maximum atomic E-state index is 6.84. The van der Waals surface area contributed by atoms with E-state index in [0.29, 0.717) is 0 Å². The van der Waals surface area contributed by atoms with Crippen LogP contribution in [0.4, 0.5) is 0 Å².